The molecule has 0 atom stereocenters. The summed E-state index contributed by atoms with van der Waals surface area (Å²) in [6, 6.07) is 15.4. The van der Waals surface area contributed by atoms with Crippen molar-refractivity contribution in [3.8, 4) is 0 Å². The molecule has 0 unspecified atom stereocenters. The van der Waals surface area contributed by atoms with Crippen LogP contribution < -0.4 is 10.2 Å². The van der Waals surface area contributed by atoms with Crippen LogP contribution in [0, 0.1) is 0 Å². The molecule has 0 bridgehead atoms. The van der Waals surface area contributed by atoms with Crippen molar-refractivity contribution >= 4 is 22.6 Å². The smallest absolute Gasteiger partial charge is 0.252 e. The van der Waals surface area contributed by atoms with Gasteiger partial charge < -0.3 is 10.2 Å². The molecule has 1 aromatic heterocycles. The third-order valence-electron chi connectivity index (χ3n) is 3.56. The number of hydrogen-bond donors (Lipinski definition) is 1. The highest BCUT2D eigenvalue weighted by molar-refractivity contribution is 6.06. The number of aromatic nitrogens is 2. The van der Waals surface area contributed by atoms with E-state index in [0.717, 1.165) is 16.5 Å². The van der Waals surface area contributed by atoms with Gasteiger partial charge in [-0.15, -0.1) is 0 Å². The zero-order valence-corrected chi connectivity index (χ0v) is 13.2. The summed E-state index contributed by atoms with van der Waals surface area (Å²) in [5, 5.41) is 4.93. The van der Waals surface area contributed by atoms with E-state index >= 15 is 0 Å². The fourth-order valence-corrected chi connectivity index (χ4v) is 2.39. The van der Waals surface area contributed by atoms with Gasteiger partial charge in [-0.1, -0.05) is 36.4 Å². The maximum atomic E-state index is 12.5. The Labute approximate surface area is 135 Å². The molecule has 116 valence electrons. The first kappa shape index (κ1) is 15.0. The summed E-state index contributed by atoms with van der Waals surface area (Å²) in [4.78, 5) is 22.9. The molecule has 5 heteroatoms. The summed E-state index contributed by atoms with van der Waals surface area (Å²) in [6.45, 7) is 0.366. The second-order valence-electron chi connectivity index (χ2n) is 5.45. The number of hydrogen-bond acceptors (Lipinski definition) is 4. The Morgan fingerprint density at radius 1 is 1.09 bits per heavy atom. The number of benzene rings is 2. The average Bonchev–Trinajstić information content (AvgIpc) is 2.59. The number of carbonyl (C=O) groups is 1. The van der Waals surface area contributed by atoms with Gasteiger partial charge in [-0.25, -0.2) is 9.97 Å². The van der Waals surface area contributed by atoms with Crippen molar-refractivity contribution in [2.75, 3.05) is 19.0 Å². The van der Waals surface area contributed by atoms with Crippen LogP contribution in [0.15, 0.2) is 54.7 Å². The van der Waals surface area contributed by atoms with Crippen LogP contribution in [0.5, 0.6) is 0 Å². The van der Waals surface area contributed by atoms with E-state index in [1.807, 2.05) is 61.5 Å². The summed E-state index contributed by atoms with van der Waals surface area (Å²) >= 11 is 0. The molecular weight excluding hydrogens is 288 g/mol. The molecule has 0 saturated carbocycles. The van der Waals surface area contributed by atoms with Gasteiger partial charge in [-0.2, -0.15) is 0 Å². The quantitative estimate of drug-likeness (QED) is 0.805. The number of fused-ring (bicyclic) bond motifs is 1. The van der Waals surface area contributed by atoms with Crippen LogP contribution >= 0.6 is 0 Å². The van der Waals surface area contributed by atoms with E-state index in [-0.39, 0.29) is 5.91 Å². The van der Waals surface area contributed by atoms with Crippen LogP contribution in [-0.4, -0.2) is 30.0 Å². The maximum absolute atomic E-state index is 12.5. The molecule has 0 aliphatic carbocycles. The van der Waals surface area contributed by atoms with E-state index in [1.165, 1.54) is 0 Å². The lowest BCUT2D eigenvalue weighted by Gasteiger charge is -2.11. The van der Waals surface area contributed by atoms with Crippen molar-refractivity contribution in [1.82, 2.24) is 15.3 Å². The van der Waals surface area contributed by atoms with Gasteiger partial charge in [-0.3, -0.25) is 4.79 Å². The summed E-state index contributed by atoms with van der Waals surface area (Å²) in [5.41, 5.74) is 1.45. The highest BCUT2D eigenvalue weighted by Crippen LogP contribution is 2.18. The monoisotopic (exact) mass is 306 g/mol. The van der Waals surface area contributed by atoms with Gasteiger partial charge >= 0.3 is 0 Å². The summed E-state index contributed by atoms with van der Waals surface area (Å²) in [6.07, 6.45) is 1.70. The third kappa shape index (κ3) is 3.29. The van der Waals surface area contributed by atoms with Crippen LogP contribution in [0.1, 0.15) is 16.1 Å². The van der Waals surface area contributed by atoms with Crippen molar-refractivity contribution in [3.05, 3.63) is 66.0 Å². The summed E-state index contributed by atoms with van der Waals surface area (Å²) in [5.74, 6) is 0.522. The van der Waals surface area contributed by atoms with Crippen molar-refractivity contribution < 1.29 is 4.79 Å². The minimum atomic E-state index is -0.105. The Morgan fingerprint density at radius 2 is 1.87 bits per heavy atom. The molecule has 0 spiro atoms. The molecule has 1 amide bonds. The molecule has 1 N–H and O–H groups in total. The number of nitrogens with one attached hydrogen (secondary N) is 1. The van der Waals surface area contributed by atoms with Crippen LogP contribution in [0.25, 0.3) is 10.8 Å². The standard InChI is InChI=1S/C18H18N4O/c1-22(2)18-19-11-10-14(21-18)12-20-17(23)16-9-5-7-13-6-3-4-8-15(13)16/h3-11H,12H2,1-2H3,(H,20,23). The Morgan fingerprint density at radius 3 is 2.70 bits per heavy atom. The Hall–Kier alpha value is -2.95. The lowest BCUT2D eigenvalue weighted by atomic mass is 10.0. The number of amides is 1. The second kappa shape index (κ2) is 6.44. The molecule has 5 nitrogen and oxygen atoms in total. The van der Waals surface area contributed by atoms with Gasteiger partial charge in [0.05, 0.1) is 12.2 Å². The molecule has 0 aliphatic rings. The largest absolute Gasteiger partial charge is 0.347 e. The normalized spacial score (nSPS) is 10.5. The van der Waals surface area contributed by atoms with E-state index in [4.69, 9.17) is 0 Å². The SMILES string of the molecule is CN(C)c1nccc(CNC(=O)c2cccc3ccccc23)n1. The van der Waals surface area contributed by atoms with Crippen molar-refractivity contribution in [2.24, 2.45) is 0 Å². The van der Waals surface area contributed by atoms with Gasteiger partial charge in [0.1, 0.15) is 0 Å². The lowest BCUT2D eigenvalue weighted by Crippen LogP contribution is -2.24. The molecule has 0 aliphatic heterocycles. The molecular formula is C18H18N4O. The number of carbonyl (C=O) groups excluding carboxylic acids is 1. The lowest BCUT2D eigenvalue weighted by molar-refractivity contribution is 0.0952. The molecule has 3 aromatic rings. The van der Waals surface area contributed by atoms with Crippen LogP contribution in [-0.2, 0) is 6.54 Å². The van der Waals surface area contributed by atoms with E-state index in [9.17, 15) is 4.79 Å². The molecule has 0 radical (unpaired) electrons. The zero-order chi connectivity index (χ0) is 16.2. The summed E-state index contributed by atoms with van der Waals surface area (Å²) in [7, 11) is 3.77. The first-order valence-corrected chi connectivity index (χ1v) is 7.40. The van der Waals surface area contributed by atoms with Crippen molar-refractivity contribution in [2.45, 2.75) is 6.54 Å². The Balaban J connectivity index is 1.78. The Kier molecular flexibility index (Phi) is 4.19. The first-order chi connectivity index (χ1) is 11.1. The topological polar surface area (TPSA) is 58.1 Å². The molecule has 3 rings (SSSR count). The van der Waals surface area contributed by atoms with E-state index in [2.05, 4.69) is 15.3 Å². The molecule has 1 heterocycles. The predicted molar refractivity (Wildman–Crippen MR) is 91.5 cm³/mol. The average molecular weight is 306 g/mol. The van der Waals surface area contributed by atoms with E-state index in [0.29, 0.717) is 18.1 Å². The molecule has 0 fully saturated rings. The van der Waals surface area contributed by atoms with Crippen LogP contribution in [0.2, 0.25) is 0 Å². The van der Waals surface area contributed by atoms with Crippen LogP contribution in [0.4, 0.5) is 5.95 Å². The number of anilines is 1. The minimum absolute atomic E-state index is 0.105. The van der Waals surface area contributed by atoms with Gasteiger partial charge in [0.25, 0.3) is 5.91 Å². The van der Waals surface area contributed by atoms with Gasteiger partial charge in [0, 0.05) is 25.9 Å². The first-order valence-electron chi connectivity index (χ1n) is 7.40. The number of nitrogens with zero attached hydrogens (tertiary/aromatic N) is 3. The molecule has 2 aromatic carbocycles. The fraction of sp³-hybridized carbons (Fsp3) is 0.167. The fourth-order valence-electron chi connectivity index (χ4n) is 2.39. The van der Waals surface area contributed by atoms with Crippen LogP contribution in [0.3, 0.4) is 0 Å². The number of rotatable bonds is 4. The highest BCUT2D eigenvalue weighted by atomic mass is 16.1. The van der Waals surface area contributed by atoms with Crippen molar-refractivity contribution in [3.63, 3.8) is 0 Å². The van der Waals surface area contributed by atoms with Gasteiger partial charge in [0.2, 0.25) is 5.95 Å². The molecule has 23 heavy (non-hydrogen) atoms. The maximum Gasteiger partial charge on any atom is 0.252 e. The highest BCUT2D eigenvalue weighted by Gasteiger charge is 2.10. The third-order valence-corrected chi connectivity index (χ3v) is 3.56. The minimum Gasteiger partial charge on any atom is -0.347 e. The van der Waals surface area contributed by atoms with E-state index < -0.39 is 0 Å². The van der Waals surface area contributed by atoms with Crippen molar-refractivity contribution in [1.29, 1.82) is 0 Å². The Bertz CT molecular complexity index is 840. The van der Waals surface area contributed by atoms with Gasteiger partial charge in [0.15, 0.2) is 0 Å². The van der Waals surface area contributed by atoms with E-state index in [1.54, 1.807) is 12.3 Å². The second-order valence-corrected chi connectivity index (χ2v) is 5.45. The summed E-state index contributed by atoms with van der Waals surface area (Å²) < 4.78 is 0. The molecule has 0 saturated heterocycles. The predicted octanol–water partition coefficient (Wildman–Crippen LogP) is 2.63. The van der Waals surface area contributed by atoms with Gasteiger partial charge in [-0.05, 0) is 22.9 Å². The zero-order valence-electron chi connectivity index (χ0n) is 13.2.